The number of halogens is 2. The third-order valence-electron chi connectivity index (χ3n) is 5.71. The van der Waals surface area contributed by atoms with E-state index in [1.54, 1.807) is 12.1 Å². The molecule has 35 heavy (non-hydrogen) atoms. The zero-order chi connectivity index (χ0) is 24.5. The maximum atomic E-state index is 14.3. The molecule has 0 amide bonds. The van der Waals surface area contributed by atoms with Gasteiger partial charge in [-0.05, 0) is 23.3 Å². The average molecular weight is 504 g/mol. The van der Waals surface area contributed by atoms with Crippen LogP contribution in [-0.4, -0.2) is 79.5 Å². The number of hydrogen-bond donors (Lipinski definition) is 2. The third-order valence-corrected chi connectivity index (χ3v) is 6.64. The molecule has 5 rings (SSSR count). The second-order valence-corrected chi connectivity index (χ2v) is 9.32. The summed E-state index contributed by atoms with van der Waals surface area (Å²) in [4.78, 5) is 17.0. The molecule has 4 heterocycles. The van der Waals surface area contributed by atoms with Gasteiger partial charge in [-0.25, -0.2) is 8.78 Å². The zero-order valence-electron chi connectivity index (χ0n) is 18.8. The summed E-state index contributed by atoms with van der Waals surface area (Å²) >= 11 is -1.53. The van der Waals surface area contributed by atoms with Crippen molar-refractivity contribution in [3.05, 3.63) is 42.2 Å². The fourth-order valence-corrected chi connectivity index (χ4v) is 4.53. The van der Waals surface area contributed by atoms with Crippen LogP contribution in [-0.2, 0) is 11.2 Å². The van der Waals surface area contributed by atoms with E-state index in [0.29, 0.717) is 62.6 Å². The number of benzene rings is 1. The van der Waals surface area contributed by atoms with Crippen LogP contribution in [0, 0.1) is 11.6 Å². The maximum absolute atomic E-state index is 14.3. The summed E-state index contributed by atoms with van der Waals surface area (Å²) < 4.78 is 46.6. The van der Waals surface area contributed by atoms with Crippen LogP contribution in [0.3, 0.4) is 0 Å². The van der Waals surface area contributed by atoms with Crippen molar-refractivity contribution in [2.24, 2.45) is 0 Å². The van der Waals surface area contributed by atoms with Crippen molar-refractivity contribution < 1.29 is 17.8 Å². The van der Waals surface area contributed by atoms with Crippen LogP contribution in [0.25, 0.3) is 17.4 Å². The van der Waals surface area contributed by atoms with Crippen molar-refractivity contribution in [3.63, 3.8) is 0 Å². The highest BCUT2D eigenvalue weighted by Crippen LogP contribution is 2.27. The highest BCUT2D eigenvalue weighted by molar-refractivity contribution is 7.90. The van der Waals surface area contributed by atoms with Gasteiger partial charge in [0.15, 0.2) is 16.5 Å². The molecule has 1 aliphatic heterocycles. The highest BCUT2D eigenvalue weighted by Gasteiger charge is 2.24. The minimum atomic E-state index is -1.53. The van der Waals surface area contributed by atoms with Crippen molar-refractivity contribution in [3.8, 4) is 11.6 Å². The van der Waals surface area contributed by atoms with Crippen molar-refractivity contribution >= 4 is 34.5 Å². The molecule has 0 radical (unpaired) electrons. The van der Waals surface area contributed by atoms with Crippen LogP contribution in [0.1, 0.15) is 0 Å². The first-order chi connectivity index (χ1) is 16.9. The van der Waals surface area contributed by atoms with Crippen LogP contribution in [0.2, 0.25) is 0 Å². The molecule has 1 aliphatic rings. The molecule has 1 saturated heterocycles. The number of nitrogens with one attached hydrogen (secondary N) is 1. The summed E-state index contributed by atoms with van der Waals surface area (Å²) in [5, 5.41) is 7.41. The van der Waals surface area contributed by atoms with E-state index in [0.717, 1.165) is 6.07 Å². The van der Waals surface area contributed by atoms with Gasteiger partial charge in [-0.3, -0.25) is 4.90 Å². The lowest BCUT2D eigenvalue weighted by molar-refractivity contribution is 0.266. The number of aromatic nitrogens is 5. The normalized spacial score (nSPS) is 15.6. The standard InChI is InChI=1S/C21H23F2N9O2S/c1-35(33)17-12-15(13(22)11-14(17)23)31-8-6-30(7-9-31)5-4-25-20-27-19(24)32-21(28-20)26-18(29-32)16-3-2-10-34-16/h2-3,10-12H,4-9H2,1H3,(H3,24,25,26,27,28,29). The molecule has 1 aromatic carbocycles. The van der Waals surface area contributed by atoms with Gasteiger partial charge in [-0.1, -0.05) is 0 Å². The van der Waals surface area contributed by atoms with Gasteiger partial charge in [0.05, 0.1) is 12.0 Å². The van der Waals surface area contributed by atoms with Crippen molar-refractivity contribution in [1.29, 1.82) is 0 Å². The molecule has 1 unspecified atom stereocenters. The SMILES string of the molecule is C[S+]([O-])c1cc(N2CCN(CCNc3nc(N)n4nc(-c5ccco5)nc4n3)CC2)c(F)cc1F. The van der Waals surface area contributed by atoms with Gasteiger partial charge in [0.2, 0.25) is 17.7 Å². The number of fused-ring (bicyclic) bond motifs is 1. The van der Waals surface area contributed by atoms with Crippen LogP contribution in [0.15, 0.2) is 39.8 Å². The van der Waals surface area contributed by atoms with Crippen LogP contribution < -0.4 is 16.0 Å². The Balaban J connectivity index is 1.17. The Labute approximate surface area is 202 Å². The van der Waals surface area contributed by atoms with Gasteiger partial charge in [0, 0.05) is 51.4 Å². The van der Waals surface area contributed by atoms with E-state index in [9.17, 15) is 13.3 Å². The molecule has 1 atom stereocenters. The average Bonchev–Trinajstić information content (AvgIpc) is 3.50. The number of hydrogen-bond acceptors (Lipinski definition) is 10. The van der Waals surface area contributed by atoms with E-state index in [4.69, 9.17) is 10.2 Å². The molecule has 4 aromatic rings. The Morgan fingerprint density at radius 2 is 1.94 bits per heavy atom. The molecule has 0 bridgehead atoms. The summed E-state index contributed by atoms with van der Waals surface area (Å²) in [6.45, 7) is 3.73. The fourth-order valence-electron chi connectivity index (χ4n) is 3.91. The van der Waals surface area contributed by atoms with Crippen LogP contribution >= 0.6 is 0 Å². The molecule has 0 aliphatic carbocycles. The third kappa shape index (κ3) is 4.85. The Morgan fingerprint density at radius 1 is 1.14 bits per heavy atom. The zero-order valence-corrected chi connectivity index (χ0v) is 19.6. The Hall–Kier alpha value is -3.49. The number of nitrogen functional groups attached to an aromatic ring is 1. The monoisotopic (exact) mass is 503 g/mol. The molecule has 3 aromatic heterocycles. The summed E-state index contributed by atoms with van der Waals surface area (Å²) in [7, 11) is 0. The van der Waals surface area contributed by atoms with Gasteiger partial charge in [-0.15, -0.1) is 5.10 Å². The lowest BCUT2D eigenvalue weighted by Gasteiger charge is -2.36. The highest BCUT2D eigenvalue weighted by atomic mass is 32.2. The molecule has 0 spiro atoms. The Morgan fingerprint density at radius 3 is 2.66 bits per heavy atom. The molecule has 14 heteroatoms. The van der Waals surface area contributed by atoms with Crippen LogP contribution in [0.5, 0.6) is 0 Å². The minimum Gasteiger partial charge on any atom is -0.612 e. The number of furan rings is 1. The molecule has 1 fully saturated rings. The van der Waals surface area contributed by atoms with Crippen molar-refractivity contribution in [2.75, 3.05) is 61.5 Å². The minimum absolute atomic E-state index is 0.00762. The number of nitrogens with zero attached hydrogens (tertiary/aromatic N) is 7. The van der Waals surface area contributed by atoms with Crippen molar-refractivity contribution in [1.82, 2.24) is 29.5 Å². The summed E-state index contributed by atoms with van der Waals surface area (Å²) in [5.74, 6) is 0.199. The van der Waals surface area contributed by atoms with E-state index in [2.05, 4.69) is 30.3 Å². The van der Waals surface area contributed by atoms with E-state index in [-0.39, 0.29) is 16.5 Å². The van der Waals surface area contributed by atoms with Gasteiger partial charge in [0.25, 0.3) is 5.78 Å². The number of rotatable bonds is 7. The number of anilines is 3. The maximum Gasteiger partial charge on any atom is 0.259 e. The smallest absolute Gasteiger partial charge is 0.259 e. The summed E-state index contributed by atoms with van der Waals surface area (Å²) in [6, 6.07) is 5.63. The van der Waals surface area contributed by atoms with Gasteiger partial charge in [0.1, 0.15) is 12.1 Å². The van der Waals surface area contributed by atoms with Crippen molar-refractivity contribution in [2.45, 2.75) is 4.90 Å². The molecule has 0 saturated carbocycles. The lowest BCUT2D eigenvalue weighted by Crippen LogP contribution is -2.48. The predicted molar refractivity (Wildman–Crippen MR) is 127 cm³/mol. The molecule has 11 nitrogen and oxygen atoms in total. The van der Waals surface area contributed by atoms with Gasteiger partial charge in [-0.2, -0.15) is 19.5 Å². The van der Waals surface area contributed by atoms with E-state index >= 15 is 0 Å². The first-order valence-corrected chi connectivity index (χ1v) is 12.4. The van der Waals surface area contributed by atoms with Crippen LogP contribution in [0.4, 0.5) is 26.4 Å². The first kappa shape index (κ1) is 23.3. The Bertz CT molecular complexity index is 1320. The predicted octanol–water partition coefficient (Wildman–Crippen LogP) is 1.61. The van der Waals surface area contributed by atoms with Gasteiger partial charge >= 0.3 is 0 Å². The Kier molecular flexibility index (Phi) is 6.40. The molecular formula is C21H23F2N9O2S. The summed E-state index contributed by atoms with van der Waals surface area (Å²) in [6.07, 6.45) is 2.91. The van der Waals surface area contributed by atoms with E-state index in [1.807, 2.05) is 4.90 Å². The molecular weight excluding hydrogens is 480 g/mol. The largest absolute Gasteiger partial charge is 0.612 e. The van der Waals surface area contributed by atoms with E-state index < -0.39 is 22.8 Å². The van der Waals surface area contributed by atoms with Gasteiger partial charge < -0.3 is 24.9 Å². The second kappa shape index (κ2) is 9.64. The quantitative estimate of drug-likeness (QED) is 0.358. The topological polar surface area (TPSA) is 137 Å². The fraction of sp³-hybridized carbons (Fsp3) is 0.333. The number of nitrogens with two attached hydrogens (primary N) is 1. The molecule has 3 N–H and O–H groups in total. The number of piperazine rings is 1. The molecule has 184 valence electrons. The van der Waals surface area contributed by atoms with E-state index in [1.165, 1.54) is 23.1 Å². The second-order valence-electron chi connectivity index (χ2n) is 7.97. The lowest BCUT2D eigenvalue weighted by atomic mass is 10.2. The first-order valence-electron chi connectivity index (χ1n) is 10.9. The summed E-state index contributed by atoms with van der Waals surface area (Å²) in [5.41, 5.74) is 6.28.